The number of hydrogen-bond donors (Lipinski definition) is 2. The maximum atomic E-state index is 11.6. The maximum Gasteiger partial charge on any atom is 0.311 e. The lowest BCUT2D eigenvalue weighted by Crippen LogP contribution is -2.24. The molecule has 4 nitrogen and oxygen atoms in total. The molecule has 0 saturated heterocycles. The molecule has 0 spiro atoms. The first-order valence-corrected chi connectivity index (χ1v) is 7.71. The molecule has 0 fully saturated rings. The van der Waals surface area contributed by atoms with Crippen molar-refractivity contribution in [1.29, 1.82) is 0 Å². The fourth-order valence-corrected chi connectivity index (χ4v) is 3.30. The van der Waals surface area contributed by atoms with Gasteiger partial charge in [0.05, 0.1) is 11.8 Å². The molecule has 2 N–H and O–H groups in total. The smallest absolute Gasteiger partial charge is 0.311 e. The summed E-state index contributed by atoms with van der Waals surface area (Å²) in [7, 11) is 0. The Balaban J connectivity index is 3.58. The number of rotatable bonds is 6. The molecule has 0 aliphatic carbocycles. The van der Waals surface area contributed by atoms with Gasteiger partial charge in [-0.05, 0) is 29.0 Å². The highest BCUT2D eigenvalue weighted by Gasteiger charge is 2.33. The molecule has 2 unspecified atom stereocenters. The van der Waals surface area contributed by atoms with E-state index in [9.17, 15) is 19.8 Å². The maximum absolute atomic E-state index is 11.6. The quantitative estimate of drug-likeness (QED) is 0.804. The normalized spacial score (nSPS) is 14.2. The number of carbonyl (C=O) groups is 2. The van der Waals surface area contributed by atoms with Crippen molar-refractivity contribution >= 4 is 27.9 Å². The summed E-state index contributed by atoms with van der Waals surface area (Å²) in [6, 6.07) is 5.23. The predicted octanol–water partition coefficient (Wildman–Crippen LogP) is 4.10. The van der Waals surface area contributed by atoms with Crippen molar-refractivity contribution in [2.75, 3.05) is 0 Å². The number of aliphatic carboxylic acids is 2. The molecular weight excluding hydrogens is 336 g/mol. The minimum atomic E-state index is -0.939. The molecule has 0 radical (unpaired) electrons. The summed E-state index contributed by atoms with van der Waals surface area (Å²) in [5.41, 5.74) is 1.15. The number of hydrogen-bond acceptors (Lipinski definition) is 2. The SMILES string of the molecule is CC(C)C(C(=O)O)c1cccc(Br)c1C(C(=O)O)C(C)C. The lowest BCUT2D eigenvalue weighted by molar-refractivity contribution is -0.141. The van der Waals surface area contributed by atoms with Gasteiger partial charge in [-0.1, -0.05) is 55.8 Å². The van der Waals surface area contributed by atoms with E-state index >= 15 is 0 Å². The molecule has 0 aliphatic heterocycles. The Morgan fingerprint density at radius 1 is 0.952 bits per heavy atom. The molecule has 5 heteroatoms. The van der Waals surface area contributed by atoms with Gasteiger partial charge in [0, 0.05) is 4.47 Å². The van der Waals surface area contributed by atoms with Gasteiger partial charge in [0.2, 0.25) is 0 Å². The third kappa shape index (κ3) is 3.84. The van der Waals surface area contributed by atoms with Crippen LogP contribution in [0.1, 0.15) is 50.7 Å². The van der Waals surface area contributed by atoms with Crippen LogP contribution >= 0.6 is 15.9 Å². The van der Waals surface area contributed by atoms with Crippen LogP contribution in [-0.4, -0.2) is 22.2 Å². The molecule has 0 aliphatic rings. The van der Waals surface area contributed by atoms with Crippen molar-refractivity contribution in [2.45, 2.75) is 39.5 Å². The molecule has 0 saturated carbocycles. The first-order valence-electron chi connectivity index (χ1n) is 6.92. The summed E-state index contributed by atoms with van der Waals surface area (Å²) in [6.07, 6.45) is 0. The molecule has 0 amide bonds. The highest BCUT2D eigenvalue weighted by atomic mass is 79.9. The molecule has 21 heavy (non-hydrogen) atoms. The third-order valence-electron chi connectivity index (χ3n) is 3.60. The van der Waals surface area contributed by atoms with Crippen LogP contribution in [0, 0.1) is 11.8 Å². The van der Waals surface area contributed by atoms with Crippen LogP contribution in [0.4, 0.5) is 0 Å². The van der Waals surface area contributed by atoms with Gasteiger partial charge in [-0.25, -0.2) is 0 Å². The van der Waals surface area contributed by atoms with E-state index in [0.29, 0.717) is 15.6 Å². The zero-order valence-corrected chi connectivity index (χ0v) is 14.2. The summed E-state index contributed by atoms with van der Waals surface area (Å²) < 4.78 is 0.646. The summed E-state index contributed by atoms with van der Waals surface area (Å²) in [5, 5.41) is 19.0. The fraction of sp³-hybridized carbons (Fsp3) is 0.500. The van der Waals surface area contributed by atoms with Crippen molar-refractivity contribution < 1.29 is 19.8 Å². The highest BCUT2D eigenvalue weighted by molar-refractivity contribution is 9.10. The van der Waals surface area contributed by atoms with Crippen molar-refractivity contribution in [2.24, 2.45) is 11.8 Å². The summed E-state index contributed by atoms with van der Waals surface area (Å²) in [5.74, 6) is -3.60. The molecular formula is C16H21BrO4. The van der Waals surface area contributed by atoms with Crippen LogP contribution in [-0.2, 0) is 9.59 Å². The number of halogens is 1. The number of benzene rings is 1. The van der Waals surface area contributed by atoms with Gasteiger partial charge >= 0.3 is 11.9 Å². The van der Waals surface area contributed by atoms with Crippen LogP contribution in [0.5, 0.6) is 0 Å². The Bertz CT molecular complexity index is 537. The highest BCUT2D eigenvalue weighted by Crippen LogP contribution is 2.39. The largest absolute Gasteiger partial charge is 0.481 e. The molecule has 0 aromatic heterocycles. The van der Waals surface area contributed by atoms with Crippen molar-refractivity contribution in [3.63, 3.8) is 0 Å². The van der Waals surface area contributed by atoms with E-state index in [1.165, 1.54) is 0 Å². The van der Waals surface area contributed by atoms with Crippen molar-refractivity contribution in [3.05, 3.63) is 33.8 Å². The second-order valence-corrected chi connectivity index (χ2v) is 6.72. The van der Waals surface area contributed by atoms with E-state index in [-0.39, 0.29) is 11.8 Å². The third-order valence-corrected chi connectivity index (χ3v) is 4.29. The number of carboxylic acid groups (broad SMARTS) is 2. The summed E-state index contributed by atoms with van der Waals surface area (Å²) in [6.45, 7) is 7.31. The molecule has 1 rings (SSSR count). The Labute approximate surface area is 133 Å². The monoisotopic (exact) mass is 356 g/mol. The van der Waals surface area contributed by atoms with Crippen LogP contribution < -0.4 is 0 Å². The van der Waals surface area contributed by atoms with Gasteiger partial charge in [-0.2, -0.15) is 0 Å². The van der Waals surface area contributed by atoms with Crippen molar-refractivity contribution in [3.8, 4) is 0 Å². The van der Waals surface area contributed by atoms with Crippen LogP contribution in [0.15, 0.2) is 22.7 Å². The summed E-state index contributed by atoms with van der Waals surface area (Å²) >= 11 is 3.39. The average molecular weight is 357 g/mol. The Kier molecular flexibility index (Phi) is 5.96. The van der Waals surface area contributed by atoms with Crippen LogP contribution in [0.3, 0.4) is 0 Å². The molecule has 1 aromatic rings. The van der Waals surface area contributed by atoms with Gasteiger partial charge in [0.25, 0.3) is 0 Å². The van der Waals surface area contributed by atoms with Crippen LogP contribution in [0.2, 0.25) is 0 Å². The Morgan fingerprint density at radius 3 is 1.81 bits per heavy atom. The molecule has 1 aromatic carbocycles. The van der Waals surface area contributed by atoms with E-state index in [1.54, 1.807) is 18.2 Å². The minimum absolute atomic E-state index is 0.128. The first kappa shape index (κ1) is 17.7. The van der Waals surface area contributed by atoms with Gasteiger partial charge in [-0.3, -0.25) is 9.59 Å². The van der Waals surface area contributed by atoms with Gasteiger partial charge in [-0.15, -0.1) is 0 Å². The van der Waals surface area contributed by atoms with Crippen molar-refractivity contribution in [1.82, 2.24) is 0 Å². The first-order chi connectivity index (χ1) is 9.68. The fourth-order valence-electron chi connectivity index (χ4n) is 2.67. The predicted molar refractivity (Wildman–Crippen MR) is 84.6 cm³/mol. The second-order valence-electron chi connectivity index (χ2n) is 5.86. The lowest BCUT2D eigenvalue weighted by atomic mass is 9.79. The minimum Gasteiger partial charge on any atom is -0.481 e. The van der Waals surface area contributed by atoms with Gasteiger partial charge < -0.3 is 10.2 Å². The standard InChI is InChI=1S/C16H21BrO4/c1-8(2)12(15(18)19)10-6-5-7-11(17)14(10)13(9(3)4)16(20)21/h5-9,12-13H,1-4H3,(H,18,19)(H,20,21). The summed E-state index contributed by atoms with van der Waals surface area (Å²) in [4.78, 5) is 23.2. The van der Waals surface area contributed by atoms with Crippen LogP contribution in [0.25, 0.3) is 0 Å². The van der Waals surface area contributed by atoms with E-state index in [4.69, 9.17) is 0 Å². The molecule has 0 heterocycles. The second kappa shape index (κ2) is 7.07. The Hall–Kier alpha value is -1.36. The van der Waals surface area contributed by atoms with E-state index < -0.39 is 23.8 Å². The van der Waals surface area contributed by atoms with E-state index in [1.807, 2.05) is 27.7 Å². The van der Waals surface area contributed by atoms with E-state index in [0.717, 1.165) is 0 Å². The van der Waals surface area contributed by atoms with Gasteiger partial charge in [0.1, 0.15) is 0 Å². The molecule has 2 atom stereocenters. The lowest BCUT2D eigenvalue weighted by Gasteiger charge is -2.26. The van der Waals surface area contributed by atoms with E-state index in [2.05, 4.69) is 15.9 Å². The topological polar surface area (TPSA) is 74.6 Å². The average Bonchev–Trinajstić information content (AvgIpc) is 2.31. The Morgan fingerprint density at radius 2 is 1.43 bits per heavy atom. The van der Waals surface area contributed by atoms with Gasteiger partial charge in [0.15, 0.2) is 0 Å². The molecule has 0 bridgehead atoms. The molecule has 116 valence electrons. The zero-order chi connectivity index (χ0) is 16.3. The zero-order valence-electron chi connectivity index (χ0n) is 12.6. The number of carboxylic acids is 2.